The third-order valence-corrected chi connectivity index (χ3v) is 12.2. The van der Waals surface area contributed by atoms with Gasteiger partial charge in [-0.05, 0) is 105 Å². The van der Waals surface area contributed by atoms with Crippen LogP contribution in [0.4, 0.5) is 0 Å². The van der Waals surface area contributed by atoms with Crippen molar-refractivity contribution in [2.45, 2.75) is 129 Å². The van der Waals surface area contributed by atoms with Crippen molar-refractivity contribution in [1.82, 2.24) is 4.98 Å². The van der Waals surface area contributed by atoms with Crippen LogP contribution in [-0.4, -0.2) is 39.5 Å². The average Bonchev–Trinajstić information content (AvgIpc) is 3.47. The lowest BCUT2D eigenvalue weighted by Gasteiger charge is -2.44. The molecule has 5 nitrogen and oxygen atoms in total. The SMILES string of the molecule is C=C1C(=CC=C2CCC[C@]3(C)[C@@H]([C@H](C)CC[C@H](OC(=O)C(C)C)C4(c5nc(C)cs5)CC4)CC[C@@H]23)C[C@@H](O)C[C@@H]1O. The molecular weight excluding hydrogens is 530 g/mol. The third-order valence-electron chi connectivity index (χ3n) is 11.1. The number of aliphatic hydroxyl groups is 2. The zero-order chi connectivity index (χ0) is 29.5. The highest BCUT2D eigenvalue weighted by molar-refractivity contribution is 7.09. The predicted molar refractivity (Wildman–Crippen MR) is 166 cm³/mol. The first kappa shape index (κ1) is 30.7. The smallest absolute Gasteiger partial charge is 0.308 e. The second-order valence-corrected chi connectivity index (χ2v) is 15.1. The molecule has 0 spiro atoms. The fourth-order valence-electron chi connectivity index (χ4n) is 8.41. The van der Waals surface area contributed by atoms with Crippen molar-refractivity contribution in [1.29, 1.82) is 0 Å². The molecule has 5 rings (SSSR count). The Hall–Kier alpha value is -1.76. The number of aryl methyl sites for hydroxylation is 1. The molecule has 1 aromatic rings. The summed E-state index contributed by atoms with van der Waals surface area (Å²) in [6.07, 6.45) is 14.3. The topological polar surface area (TPSA) is 79.7 Å². The number of ether oxygens (including phenoxy) is 1. The normalized spacial score (nSPS) is 34.6. The van der Waals surface area contributed by atoms with Gasteiger partial charge in [0.1, 0.15) is 11.1 Å². The van der Waals surface area contributed by atoms with Gasteiger partial charge < -0.3 is 14.9 Å². The minimum Gasteiger partial charge on any atom is -0.461 e. The molecule has 0 aromatic carbocycles. The molecule has 0 unspecified atom stereocenters. The van der Waals surface area contributed by atoms with Crippen molar-refractivity contribution in [2.75, 3.05) is 0 Å². The van der Waals surface area contributed by atoms with E-state index in [4.69, 9.17) is 9.72 Å². The Morgan fingerprint density at radius 1 is 1.20 bits per heavy atom. The van der Waals surface area contributed by atoms with Crippen molar-refractivity contribution in [3.63, 3.8) is 0 Å². The average molecular weight is 582 g/mol. The second kappa shape index (κ2) is 12.1. The van der Waals surface area contributed by atoms with Crippen molar-refractivity contribution >= 4 is 17.3 Å². The molecule has 4 saturated carbocycles. The van der Waals surface area contributed by atoms with E-state index in [1.54, 1.807) is 11.3 Å². The number of hydrogen-bond acceptors (Lipinski definition) is 6. The van der Waals surface area contributed by atoms with Gasteiger partial charge in [-0.25, -0.2) is 4.98 Å². The van der Waals surface area contributed by atoms with Crippen LogP contribution >= 0.6 is 11.3 Å². The van der Waals surface area contributed by atoms with E-state index in [9.17, 15) is 15.0 Å². The van der Waals surface area contributed by atoms with Crippen molar-refractivity contribution in [3.8, 4) is 0 Å². The molecule has 4 fully saturated rings. The number of aliphatic hydroxyl groups excluding tert-OH is 2. The lowest BCUT2D eigenvalue weighted by molar-refractivity contribution is -0.155. The summed E-state index contributed by atoms with van der Waals surface area (Å²) < 4.78 is 6.25. The monoisotopic (exact) mass is 581 g/mol. The van der Waals surface area contributed by atoms with Crippen LogP contribution in [0.5, 0.6) is 0 Å². The van der Waals surface area contributed by atoms with Crippen LogP contribution in [0.15, 0.2) is 40.8 Å². The van der Waals surface area contributed by atoms with Gasteiger partial charge in [-0.2, -0.15) is 0 Å². The van der Waals surface area contributed by atoms with Crippen LogP contribution in [0.3, 0.4) is 0 Å². The van der Waals surface area contributed by atoms with Gasteiger partial charge in [0, 0.05) is 17.5 Å². The molecule has 0 saturated heterocycles. The predicted octanol–water partition coefficient (Wildman–Crippen LogP) is 7.61. The van der Waals surface area contributed by atoms with Crippen LogP contribution < -0.4 is 0 Å². The van der Waals surface area contributed by atoms with Crippen LogP contribution in [0, 0.1) is 36.0 Å². The summed E-state index contributed by atoms with van der Waals surface area (Å²) in [6, 6.07) is 0. The second-order valence-electron chi connectivity index (χ2n) is 14.2. The maximum atomic E-state index is 12.8. The Bertz CT molecular complexity index is 1190. The molecule has 0 bridgehead atoms. The van der Waals surface area contributed by atoms with E-state index in [2.05, 4.69) is 38.0 Å². The number of allylic oxidation sites excluding steroid dienone is 3. The molecule has 1 heterocycles. The molecule has 226 valence electrons. The molecule has 1 aromatic heterocycles. The summed E-state index contributed by atoms with van der Waals surface area (Å²) >= 11 is 1.73. The van der Waals surface area contributed by atoms with Gasteiger partial charge in [0.05, 0.1) is 23.5 Å². The Labute approximate surface area is 251 Å². The first-order valence-corrected chi connectivity index (χ1v) is 16.9. The lowest BCUT2D eigenvalue weighted by Crippen LogP contribution is -2.37. The van der Waals surface area contributed by atoms with Gasteiger partial charge in [-0.15, -0.1) is 11.3 Å². The first-order chi connectivity index (χ1) is 19.4. The highest BCUT2D eigenvalue weighted by Crippen LogP contribution is 2.60. The molecular formula is C35H51NO4S. The molecule has 4 aliphatic rings. The Morgan fingerprint density at radius 2 is 1.95 bits per heavy atom. The van der Waals surface area contributed by atoms with Gasteiger partial charge >= 0.3 is 5.97 Å². The molecule has 6 heteroatoms. The number of carbonyl (C=O) groups excluding carboxylic acids is 1. The van der Waals surface area contributed by atoms with E-state index in [0.29, 0.717) is 30.6 Å². The minimum atomic E-state index is -0.644. The van der Waals surface area contributed by atoms with Crippen LogP contribution in [0.25, 0.3) is 0 Å². The number of carbonyl (C=O) groups is 1. The fourth-order valence-corrected chi connectivity index (χ4v) is 9.51. The summed E-state index contributed by atoms with van der Waals surface area (Å²) in [4.78, 5) is 17.6. The van der Waals surface area contributed by atoms with E-state index in [1.165, 1.54) is 31.3 Å². The highest BCUT2D eigenvalue weighted by Gasteiger charge is 2.56. The van der Waals surface area contributed by atoms with Gasteiger partial charge in [-0.1, -0.05) is 52.0 Å². The number of nitrogens with zero attached hydrogens (tertiary/aromatic N) is 1. The van der Waals surface area contributed by atoms with Crippen molar-refractivity contribution in [3.05, 3.63) is 51.5 Å². The molecule has 7 atom stereocenters. The molecule has 2 N–H and O–H groups in total. The maximum absolute atomic E-state index is 12.8. The number of rotatable bonds is 9. The fraction of sp³-hybridized carbons (Fsp3) is 0.714. The zero-order valence-corrected chi connectivity index (χ0v) is 26.6. The van der Waals surface area contributed by atoms with Gasteiger partial charge in [-0.3, -0.25) is 4.79 Å². The standard InChI is InChI=1S/C35H51NO4S/c1-21(2)32(39)40-31(35(16-17-35)33-36-23(4)20-41-33)14-9-22(3)28-12-13-29-25(8-7-15-34(28,29)6)10-11-26-18-27(37)19-30(38)24(26)5/h10-11,20-22,27-31,37-38H,5,7-9,12-19H2,1-4,6H3/t22-,27-,28-,29+,30+,31+,34-/m1/s1. The van der Waals surface area contributed by atoms with Gasteiger partial charge in [0.2, 0.25) is 0 Å². The molecule has 0 radical (unpaired) electrons. The molecule has 41 heavy (non-hydrogen) atoms. The quantitative estimate of drug-likeness (QED) is 0.294. The van der Waals surface area contributed by atoms with E-state index in [1.807, 2.05) is 20.8 Å². The van der Waals surface area contributed by atoms with E-state index in [0.717, 1.165) is 54.0 Å². The first-order valence-electron chi connectivity index (χ1n) is 16.0. The summed E-state index contributed by atoms with van der Waals surface area (Å²) in [6.45, 7) is 15.0. The largest absolute Gasteiger partial charge is 0.461 e. The Morgan fingerprint density at radius 3 is 2.61 bits per heavy atom. The molecule has 0 aliphatic heterocycles. The Balaban J connectivity index is 1.29. The van der Waals surface area contributed by atoms with Crippen LogP contribution in [0.1, 0.15) is 109 Å². The number of fused-ring (bicyclic) bond motifs is 1. The van der Waals surface area contributed by atoms with Crippen molar-refractivity contribution in [2.24, 2.45) is 29.1 Å². The van der Waals surface area contributed by atoms with E-state index in [-0.39, 0.29) is 28.8 Å². The summed E-state index contributed by atoms with van der Waals surface area (Å²) in [5, 5.41) is 23.7. The van der Waals surface area contributed by atoms with Gasteiger partial charge in [0.15, 0.2) is 0 Å². The number of thiazole rings is 1. The van der Waals surface area contributed by atoms with E-state index >= 15 is 0 Å². The van der Waals surface area contributed by atoms with Gasteiger partial charge in [0.25, 0.3) is 0 Å². The van der Waals surface area contributed by atoms with E-state index < -0.39 is 12.2 Å². The summed E-state index contributed by atoms with van der Waals surface area (Å²) in [5.41, 5.74) is 4.52. The summed E-state index contributed by atoms with van der Waals surface area (Å²) in [5.74, 6) is 1.57. The molecule has 4 aliphatic carbocycles. The summed E-state index contributed by atoms with van der Waals surface area (Å²) in [7, 11) is 0. The zero-order valence-electron chi connectivity index (χ0n) is 25.8. The molecule has 0 amide bonds. The minimum absolute atomic E-state index is 0.0908. The Kier molecular flexibility index (Phi) is 9.05. The van der Waals surface area contributed by atoms with Crippen LogP contribution in [-0.2, 0) is 14.9 Å². The number of hydrogen-bond donors (Lipinski definition) is 2. The van der Waals surface area contributed by atoms with Crippen LogP contribution in [0.2, 0.25) is 0 Å². The third kappa shape index (κ3) is 6.17. The lowest BCUT2D eigenvalue weighted by atomic mass is 9.60. The maximum Gasteiger partial charge on any atom is 0.308 e. The number of aromatic nitrogens is 1. The van der Waals surface area contributed by atoms with Crippen molar-refractivity contribution < 1.29 is 19.7 Å². The highest BCUT2D eigenvalue weighted by atomic mass is 32.1. The number of esters is 1.